The molecule has 0 bridgehead atoms. The normalized spacial score (nSPS) is 12.0. The second-order valence-corrected chi connectivity index (χ2v) is 8.18. The number of phenols is 5. The first-order valence-corrected chi connectivity index (χ1v) is 11.0. The Balaban J connectivity index is 1.57. The number of esters is 1. The third-order valence-corrected chi connectivity index (χ3v) is 5.65. The fourth-order valence-corrected chi connectivity index (χ4v) is 3.75. The molecule has 0 unspecified atom stereocenters. The zero-order valence-corrected chi connectivity index (χ0v) is 19.5. The maximum absolute atomic E-state index is 12.6. The fourth-order valence-electron chi connectivity index (χ4n) is 3.75. The third kappa shape index (κ3) is 5.43. The van der Waals surface area contributed by atoms with Crippen molar-refractivity contribution >= 4 is 28.9 Å². The average Bonchev–Trinajstić information content (AvgIpc) is 3.33. The van der Waals surface area contributed by atoms with E-state index in [-0.39, 0.29) is 40.8 Å². The van der Waals surface area contributed by atoms with Crippen molar-refractivity contribution in [3.63, 3.8) is 0 Å². The molecule has 0 saturated carbocycles. The summed E-state index contributed by atoms with van der Waals surface area (Å²) < 4.78 is 10.5. The lowest BCUT2D eigenvalue weighted by Crippen LogP contribution is -2.42. The van der Waals surface area contributed by atoms with E-state index in [0.29, 0.717) is 27.8 Å². The molecule has 0 fully saturated rings. The summed E-state index contributed by atoms with van der Waals surface area (Å²) in [5.74, 6) is -2.40. The zero-order valence-electron chi connectivity index (χ0n) is 19.5. The fraction of sp³-hybridized carbons (Fsp3) is 0.111. The van der Waals surface area contributed by atoms with Crippen LogP contribution in [0.15, 0.2) is 65.1 Å². The molecular weight excluding hydrogens is 482 g/mol. The summed E-state index contributed by atoms with van der Waals surface area (Å²) in [5.41, 5.74) is 1.63. The number of hydrogen-bond acceptors (Lipinski definition) is 9. The minimum atomic E-state index is -1.06. The quantitative estimate of drug-likeness (QED) is 0.125. The van der Waals surface area contributed by atoms with Gasteiger partial charge in [-0.1, -0.05) is 12.1 Å². The maximum Gasteiger partial charge on any atom is 0.328 e. The molecule has 3 aromatic carbocycles. The highest BCUT2D eigenvalue weighted by Gasteiger charge is 2.22. The van der Waals surface area contributed by atoms with Crippen molar-refractivity contribution in [2.75, 3.05) is 7.11 Å². The summed E-state index contributed by atoms with van der Waals surface area (Å²) in [4.78, 5) is 24.9. The Hall–Kier alpha value is -5.12. The van der Waals surface area contributed by atoms with Crippen molar-refractivity contribution in [1.29, 1.82) is 0 Å². The molecule has 10 nitrogen and oxygen atoms in total. The van der Waals surface area contributed by atoms with Crippen LogP contribution in [-0.2, 0) is 20.7 Å². The van der Waals surface area contributed by atoms with Crippen LogP contribution < -0.4 is 5.32 Å². The molecule has 1 amide bonds. The van der Waals surface area contributed by atoms with E-state index in [2.05, 4.69) is 5.32 Å². The monoisotopic (exact) mass is 505 g/mol. The van der Waals surface area contributed by atoms with Crippen LogP contribution in [0.1, 0.15) is 11.1 Å². The van der Waals surface area contributed by atoms with Crippen molar-refractivity contribution in [2.45, 2.75) is 12.5 Å². The zero-order chi connectivity index (χ0) is 26.7. The molecule has 1 heterocycles. The first-order chi connectivity index (χ1) is 17.7. The Kier molecular flexibility index (Phi) is 6.92. The van der Waals surface area contributed by atoms with E-state index < -0.39 is 17.9 Å². The van der Waals surface area contributed by atoms with E-state index in [9.17, 15) is 35.1 Å². The molecule has 0 saturated heterocycles. The molecule has 0 aliphatic rings. The Morgan fingerprint density at radius 1 is 0.892 bits per heavy atom. The van der Waals surface area contributed by atoms with Gasteiger partial charge >= 0.3 is 5.97 Å². The highest BCUT2D eigenvalue weighted by Crippen LogP contribution is 2.37. The number of nitrogens with one attached hydrogen (secondary N) is 1. The van der Waals surface area contributed by atoms with Gasteiger partial charge in [-0.2, -0.15) is 0 Å². The van der Waals surface area contributed by atoms with Crippen LogP contribution >= 0.6 is 0 Å². The number of fused-ring (bicyclic) bond motifs is 1. The minimum Gasteiger partial charge on any atom is -0.504 e. The van der Waals surface area contributed by atoms with Gasteiger partial charge in [-0.3, -0.25) is 4.79 Å². The predicted octanol–water partition coefficient (Wildman–Crippen LogP) is 3.54. The number of phenolic OH excluding ortho intramolecular Hbond substituents is 5. The van der Waals surface area contributed by atoms with E-state index in [4.69, 9.17) is 9.15 Å². The second-order valence-electron chi connectivity index (χ2n) is 8.18. The van der Waals surface area contributed by atoms with Gasteiger partial charge in [0.05, 0.1) is 7.11 Å². The summed E-state index contributed by atoms with van der Waals surface area (Å²) in [5, 5.41) is 51.8. The highest BCUT2D eigenvalue weighted by molar-refractivity contribution is 5.99. The van der Waals surface area contributed by atoms with Crippen LogP contribution in [0.25, 0.3) is 28.4 Å². The number of benzene rings is 3. The van der Waals surface area contributed by atoms with Crippen molar-refractivity contribution in [3.8, 4) is 40.1 Å². The number of carbonyl (C=O) groups is 2. The molecular formula is C27H23NO9. The van der Waals surface area contributed by atoms with Crippen molar-refractivity contribution in [1.82, 2.24) is 5.32 Å². The van der Waals surface area contributed by atoms with Crippen LogP contribution in [0.3, 0.4) is 0 Å². The van der Waals surface area contributed by atoms with Crippen molar-refractivity contribution < 1.29 is 44.3 Å². The van der Waals surface area contributed by atoms with Crippen LogP contribution in [0.5, 0.6) is 28.7 Å². The largest absolute Gasteiger partial charge is 0.504 e. The molecule has 6 N–H and O–H groups in total. The van der Waals surface area contributed by atoms with E-state index in [1.165, 1.54) is 61.7 Å². The number of aromatic hydroxyl groups is 5. The third-order valence-electron chi connectivity index (χ3n) is 5.65. The van der Waals surface area contributed by atoms with Crippen molar-refractivity contribution in [3.05, 3.63) is 71.8 Å². The minimum absolute atomic E-state index is 0.00805. The van der Waals surface area contributed by atoms with E-state index >= 15 is 0 Å². The molecule has 10 heteroatoms. The van der Waals surface area contributed by atoms with Gasteiger partial charge in [0.1, 0.15) is 11.8 Å². The van der Waals surface area contributed by atoms with Crippen molar-refractivity contribution in [2.24, 2.45) is 0 Å². The van der Waals surface area contributed by atoms with Crippen LogP contribution in [0.2, 0.25) is 0 Å². The molecule has 37 heavy (non-hydrogen) atoms. The van der Waals surface area contributed by atoms with Crippen LogP contribution in [0, 0.1) is 0 Å². The average molecular weight is 505 g/mol. The molecule has 0 spiro atoms. The summed E-state index contributed by atoms with van der Waals surface area (Å²) in [6.07, 6.45) is 2.69. The predicted molar refractivity (Wildman–Crippen MR) is 133 cm³/mol. The van der Waals surface area contributed by atoms with Gasteiger partial charge in [-0.15, -0.1) is 0 Å². The standard InChI is InChI=1S/C27H23NO9/c1-36-27(35)18(10-14-2-6-19(29)22(32)11-14)28-25(34)9-5-15-3-8-21(31)26-17(15)13-24(37-26)16-4-7-20(30)23(33)12-16/h2-9,11-13,18,29-33H,10H2,1H3,(H,28,34)/b9-5+/t18-/m0/s1. The Morgan fingerprint density at radius 2 is 1.57 bits per heavy atom. The lowest BCUT2D eigenvalue weighted by Gasteiger charge is -2.16. The van der Waals surface area contributed by atoms with Gasteiger partial charge in [-0.25, -0.2) is 4.79 Å². The molecule has 0 radical (unpaired) electrons. The summed E-state index contributed by atoms with van der Waals surface area (Å²) >= 11 is 0. The number of methoxy groups -OCH3 is 1. The lowest BCUT2D eigenvalue weighted by molar-refractivity contribution is -0.144. The molecule has 1 atom stereocenters. The Labute approximate surface area is 210 Å². The number of ether oxygens (including phenoxy) is 1. The summed E-state index contributed by atoms with van der Waals surface area (Å²) in [7, 11) is 1.18. The summed E-state index contributed by atoms with van der Waals surface area (Å²) in [6, 6.07) is 11.7. The number of amides is 1. The molecule has 0 aliphatic carbocycles. The van der Waals surface area contributed by atoms with E-state index in [1.54, 1.807) is 12.1 Å². The topological polar surface area (TPSA) is 170 Å². The first-order valence-electron chi connectivity index (χ1n) is 11.0. The number of carbonyl (C=O) groups excluding carboxylic acids is 2. The Morgan fingerprint density at radius 3 is 2.24 bits per heavy atom. The van der Waals surface area contributed by atoms with Crippen LogP contribution in [0.4, 0.5) is 0 Å². The van der Waals surface area contributed by atoms with Gasteiger partial charge in [0.25, 0.3) is 0 Å². The molecule has 0 aliphatic heterocycles. The van der Waals surface area contributed by atoms with Gasteiger partial charge in [0.2, 0.25) is 5.91 Å². The summed E-state index contributed by atoms with van der Waals surface area (Å²) in [6.45, 7) is 0. The number of hydrogen-bond donors (Lipinski definition) is 6. The molecule has 190 valence electrons. The number of furan rings is 1. The molecule has 4 rings (SSSR count). The smallest absolute Gasteiger partial charge is 0.328 e. The Bertz CT molecular complexity index is 1520. The second kappa shape index (κ2) is 10.2. The SMILES string of the molecule is COC(=O)[C@H](Cc1ccc(O)c(O)c1)NC(=O)/C=C/c1ccc(O)c2oc(-c3ccc(O)c(O)c3)cc12. The maximum atomic E-state index is 12.6. The van der Waals surface area contributed by atoms with Crippen LogP contribution in [-0.4, -0.2) is 50.6 Å². The van der Waals surface area contributed by atoms with Gasteiger partial charge in [0.15, 0.2) is 34.3 Å². The van der Waals surface area contributed by atoms with Gasteiger partial charge < -0.3 is 40.0 Å². The highest BCUT2D eigenvalue weighted by atomic mass is 16.5. The lowest BCUT2D eigenvalue weighted by atomic mass is 10.0. The van der Waals surface area contributed by atoms with E-state index in [0.717, 1.165) is 0 Å². The number of rotatable bonds is 7. The first kappa shape index (κ1) is 25.0. The molecule has 4 aromatic rings. The van der Waals surface area contributed by atoms with E-state index in [1.807, 2.05) is 0 Å². The van der Waals surface area contributed by atoms with Gasteiger partial charge in [0, 0.05) is 23.4 Å². The van der Waals surface area contributed by atoms with Gasteiger partial charge in [-0.05, 0) is 59.7 Å². The molecule has 1 aromatic heterocycles.